The molecule has 4 heteroatoms. The Hall–Kier alpha value is -1.68. The number of hydrogen-bond acceptors (Lipinski definition) is 3. The van der Waals surface area contributed by atoms with Crippen molar-refractivity contribution in [2.24, 2.45) is 0 Å². The first-order valence-corrected chi connectivity index (χ1v) is 5.32. The summed E-state index contributed by atoms with van der Waals surface area (Å²) in [6, 6.07) is 5.60. The first-order chi connectivity index (χ1) is 7.70. The second-order valence-corrected chi connectivity index (χ2v) is 4.02. The summed E-state index contributed by atoms with van der Waals surface area (Å²) >= 11 is 0. The summed E-state index contributed by atoms with van der Waals surface area (Å²) in [4.78, 5) is 4.22. The lowest BCUT2D eigenvalue weighted by Crippen LogP contribution is -2.00. The van der Waals surface area contributed by atoms with Crippen molar-refractivity contribution in [3.63, 3.8) is 0 Å². The van der Waals surface area contributed by atoms with Gasteiger partial charge in [-0.05, 0) is 29.7 Å². The Morgan fingerprint density at radius 2 is 2.19 bits per heavy atom. The van der Waals surface area contributed by atoms with Crippen molar-refractivity contribution >= 4 is 0 Å². The zero-order valence-corrected chi connectivity index (χ0v) is 9.46. The Morgan fingerprint density at radius 3 is 2.81 bits per heavy atom. The fourth-order valence-electron chi connectivity index (χ4n) is 1.46. The maximum absolute atomic E-state index is 9.04. The van der Waals surface area contributed by atoms with E-state index in [0.717, 1.165) is 17.1 Å². The second-order valence-electron chi connectivity index (χ2n) is 4.02. The van der Waals surface area contributed by atoms with E-state index in [1.165, 1.54) is 0 Å². The molecule has 0 amide bonds. The van der Waals surface area contributed by atoms with Crippen molar-refractivity contribution in [1.82, 2.24) is 14.8 Å². The Labute approximate surface area is 94.6 Å². The standard InChI is InChI=1S/C12H15N3O/c1-9(2)11-4-6-15(14-11)12-7-10(8-16)3-5-13-12/h3-7,9,16H,8H2,1-2H3. The highest BCUT2D eigenvalue weighted by molar-refractivity contribution is 5.27. The van der Waals surface area contributed by atoms with E-state index in [9.17, 15) is 0 Å². The van der Waals surface area contributed by atoms with Crippen LogP contribution >= 0.6 is 0 Å². The molecule has 0 spiro atoms. The summed E-state index contributed by atoms with van der Waals surface area (Å²) in [6.45, 7) is 4.22. The molecule has 2 heterocycles. The summed E-state index contributed by atoms with van der Waals surface area (Å²) in [5.74, 6) is 1.14. The van der Waals surface area contributed by atoms with Crippen LogP contribution in [-0.4, -0.2) is 19.9 Å². The van der Waals surface area contributed by atoms with Gasteiger partial charge < -0.3 is 5.11 Å². The number of hydrogen-bond donors (Lipinski definition) is 1. The van der Waals surface area contributed by atoms with Gasteiger partial charge in [0.2, 0.25) is 0 Å². The van der Waals surface area contributed by atoms with Crippen LogP contribution in [0, 0.1) is 0 Å². The highest BCUT2D eigenvalue weighted by Crippen LogP contribution is 2.13. The molecule has 0 bridgehead atoms. The molecule has 2 aromatic heterocycles. The van der Waals surface area contributed by atoms with E-state index in [0.29, 0.717) is 5.92 Å². The molecule has 0 unspecified atom stereocenters. The minimum atomic E-state index is 0.0217. The molecule has 1 N–H and O–H groups in total. The monoisotopic (exact) mass is 217 g/mol. The molecule has 0 aliphatic heterocycles. The van der Waals surface area contributed by atoms with Crippen LogP contribution in [0.5, 0.6) is 0 Å². The van der Waals surface area contributed by atoms with Crippen molar-refractivity contribution in [2.75, 3.05) is 0 Å². The number of aliphatic hydroxyl groups is 1. The lowest BCUT2D eigenvalue weighted by atomic mass is 10.1. The number of nitrogens with zero attached hydrogens (tertiary/aromatic N) is 3. The molecule has 0 aromatic carbocycles. The van der Waals surface area contributed by atoms with Crippen LogP contribution in [-0.2, 0) is 6.61 Å². The SMILES string of the molecule is CC(C)c1ccn(-c2cc(CO)ccn2)n1. The molecular weight excluding hydrogens is 202 g/mol. The van der Waals surface area contributed by atoms with Gasteiger partial charge in [-0.15, -0.1) is 0 Å². The van der Waals surface area contributed by atoms with Gasteiger partial charge in [0.05, 0.1) is 12.3 Å². The van der Waals surface area contributed by atoms with Crippen LogP contribution in [0.3, 0.4) is 0 Å². The summed E-state index contributed by atoms with van der Waals surface area (Å²) in [6.07, 6.45) is 3.57. The third-order valence-corrected chi connectivity index (χ3v) is 2.43. The zero-order valence-electron chi connectivity index (χ0n) is 9.46. The molecular formula is C12H15N3O. The Bertz CT molecular complexity index is 477. The number of aliphatic hydroxyl groups excluding tert-OH is 1. The summed E-state index contributed by atoms with van der Waals surface area (Å²) in [7, 11) is 0. The van der Waals surface area contributed by atoms with Gasteiger partial charge in [0.15, 0.2) is 5.82 Å². The van der Waals surface area contributed by atoms with E-state index < -0.39 is 0 Å². The van der Waals surface area contributed by atoms with Gasteiger partial charge in [0, 0.05) is 12.4 Å². The smallest absolute Gasteiger partial charge is 0.153 e. The normalized spacial score (nSPS) is 11.0. The molecule has 84 valence electrons. The largest absolute Gasteiger partial charge is 0.392 e. The average molecular weight is 217 g/mol. The van der Waals surface area contributed by atoms with Gasteiger partial charge in [-0.25, -0.2) is 9.67 Å². The molecule has 0 atom stereocenters. The highest BCUT2D eigenvalue weighted by Gasteiger charge is 2.05. The first kappa shape index (κ1) is 10.8. The van der Waals surface area contributed by atoms with Crippen LogP contribution in [0.15, 0.2) is 30.6 Å². The van der Waals surface area contributed by atoms with Crippen molar-refractivity contribution in [1.29, 1.82) is 0 Å². The van der Waals surface area contributed by atoms with E-state index in [1.54, 1.807) is 16.9 Å². The molecule has 16 heavy (non-hydrogen) atoms. The maximum Gasteiger partial charge on any atom is 0.153 e. The van der Waals surface area contributed by atoms with E-state index >= 15 is 0 Å². The van der Waals surface area contributed by atoms with E-state index in [4.69, 9.17) is 5.11 Å². The molecule has 0 fully saturated rings. The fourth-order valence-corrected chi connectivity index (χ4v) is 1.46. The predicted molar refractivity (Wildman–Crippen MR) is 61.4 cm³/mol. The van der Waals surface area contributed by atoms with Crippen molar-refractivity contribution in [3.8, 4) is 5.82 Å². The lowest BCUT2D eigenvalue weighted by molar-refractivity contribution is 0.281. The Kier molecular flexibility index (Phi) is 3.01. The minimum absolute atomic E-state index is 0.0217. The topological polar surface area (TPSA) is 50.9 Å². The zero-order chi connectivity index (χ0) is 11.5. The molecule has 2 aromatic rings. The minimum Gasteiger partial charge on any atom is -0.392 e. The van der Waals surface area contributed by atoms with E-state index in [1.807, 2.05) is 18.3 Å². The highest BCUT2D eigenvalue weighted by atomic mass is 16.3. The first-order valence-electron chi connectivity index (χ1n) is 5.32. The van der Waals surface area contributed by atoms with Crippen LogP contribution in [0.2, 0.25) is 0 Å². The molecule has 2 rings (SSSR count). The van der Waals surface area contributed by atoms with E-state index in [-0.39, 0.29) is 6.61 Å². The number of rotatable bonds is 3. The third kappa shape index (κ3) is 2.12. The van der Waals surface area contributed by atoms with E-state index in [2.05, 4.69) is 23.9 Å². The number of pyridine rings is 1. The summed E-state index contributed by atoms with van der Waals surface area (Å²) in [5, 5.41) is 13.5. The van der Waals surface area contributed by atoms with Crippen LogP contribution in [0.25, 0.3) is 5.82 Å². The predicted octanol–water partition coefficient (Wildman–Crippen LogP) is 1.88. The molecule has 0 aliphatic carbocycles. The van der Waals surface area contributed by atoms with Crippen LogP contribution in [0.1, 0.15) is 31.0 Å². The van der Waals surface area contributed by atoms with Gasteiger partial charge in [0.1, 0.15) is 0 Å². The quantitative estimate of drug-likeness (QED) is 0.854. The van der Waals surface area contributed by atoms with Gasteiger partial charge in [0.25, 0.3) is 0 Å². The van der Waals surface area contributed by atoms with Crippen LogP contribution < -0.4 is 0 Å². The van der Waals surface area contributed by atoms with Crippen LogP contribution in [0.4, 0.5) is 0 Å². The van der Waals surface area contributed by atoms with Crippen molar-refractivity contribution in [3.05, 3.63) is 41.9 Å². The van der Waals surface area contributed by atoms with Gasteiger partial charge in [-0.3, -0.25) is 0 Å². The maximum atomic E-state index is 9.04. The number of aromatic nitrogens is 3. The van der Waals surface area contributed by atoms with Gasteiger partial charge in [-0.2, -0.15) is 5.10 Å². The van der Waals surface area contributed by atoms with Crippen molar-refractivity contribution in [2.45, 2.75) is 26.4 Å². The summed E-state index contributed by atoms with van der Waals surface area (Å²) in [5.41, 5.74) is 1.88. The fraction of sp³-hybridized carbons (Fsp3) is 0.333. The van der Waals surface area contributed by atoms with Gasteiger partial charge >= 0.3 is 0 Å². The molecule has 4 nitrogen and oxygen atoms in total. The molecule has 0 saturated carbocycles. The Balaban J connectivity index is 2.34. The Morgan fingerprint density at radius 1 is 1.38 bits per heavy atom. The molecule has 0 saturated heterocycles. The molecule has 0 aliphatic rings. The van der Waals surface area contributed by atoms with Crippen molar-refractivity contribution < 1.29 is 5.11 Å². The lowest BCUT2D eigenvalue weighted by Gasteiger charge is -2.02. The average Bonchev–Trinajstić information content (AvgIpc) is 2.78. The molecule has 0 radical (unpaired) electrons. The summed E-state index contributed by atoms with van der Waals surface area (Å²) < 4.78 is 1.73. The second kappa shape index (κ2) is 4.45. The van der Waals surface area contributed by atoms with Gasteiger partial charge in [-0.1, -0.05) is 13.8 Å². The third-order valence-electron chi connectivity index (χ3n) is 2.43.